The van der Waals surface area contributed by atoms with Gasteiger partial charge in [-0.3, -0.25) is 0 Å². The van der Waals surface area contributed by atoms with Crippen LogP contribution in [0.25, 0.3) is 0 Å². The van der Waals surface area contributed by atoms with Crippen molar-refractivity contribution in [2.45, 2.75) is 24.9 Å². The van der Waals surface area contributed by atoms with Crippen molar-refractivity contribution < 1.29 is 8.42 Å². The molecule has 7 heteroatoms. The van der Waals surface area contributed by atoms with Crippen molar-refractivity contribution in [2.24, 2.45) is 5.73 Å². The summed E-state index contributed by atoms with van der Waals surface area (Å²) in [6.07, 6.45) is 0. The van der Waals surface area contributed by atoms with Crippen LogP contribution in [0, 0.1) is 6.92 Å². The molecule has 0 atom stereocenters. The molecule has 0 saturated carbocycles. The maximum Gasteiger partial charge on any atom is 0.244 e. The third-order valence-electron chi connectivity index (χ3n) is 2.80. The van der Waals surface area contributed by atoms with E-state index in [4.69, 9.17) is 5.73 Å². The van der Waals surface area contributed by atoms with Crippen LogP contribution in [0.15, 0.2) is 27.8 Å². The van der Waals surface area contributed by atoms with E-state index in [0.29, 0.717) is 18.0 Å². The molecule has 104 valence electrons. The van der Waals surface area contributed by atoms with Crippen LogP contribution in [0.3, 0.4) is 0 Å². The Labute approximate surface area is 121 Å². The van der Waals surface area contributed by atoms with Crippen molar-refractivity contribution in [3.8, 4) is 0 Å². The van der Waals surface area contributed by atoms with Crippen molar-refractivity contribution in [3.05, 3.63) is 38.2 Å². The fourth-order valence-corrected chi connectivity index (χ4v) is 5.07. The van der Waals surface area contributed by atoms with Crippen LogP contribution >= 0.6 is 22.7 Å². The maximum atomic E-state index is 12.5. The minimum atomic E-state index is -3.44. The van der Waals surface area contributed by atoms with Gasteiger partial charge in [0.15, 0.2) is 0 Å². The molecule has 0 fully saturated rings. The lowest BCUT2D eigenvalue weighted by atomic mass is 10.3. The first-order valence-corrected chi connectivity index (χ1v) is 8.92. The zero-order valence-corrected chi connectivity index (χ0v) is 13.2. The monoisotopic (exact) mass is 316 g/mol. The Hall–Kier alpha value is -0.730. The van der Waals surface area contributed by atoms with Crippen LogP contribution in [0.1, 0.15) is 15.3 Å². The van der Waals surface area contributed by atoms with E-state index in [0.717, 1.165) is 15.3 Å². The largest absolute Gasteiger partial charge is 0.326 e. The lowest BCUT2D eigenvalue weighted by Crippen LogP contribution is -2.26. The summed E-state index contributed by atoms with van der Waals surface area (Å²) in [6, 6.07) is 3.61. The Morgan fingerprint density at radius 2 is 2.16 bits per heavy atom. The Kier molecular flexibility index (Phi) is 4.42. The molecule has 0 aliphatic rings. The number of sulfonamides is 1. The van der Waals surface area contributed by atoms with Crippen LogP contribution in [-0.4, -0.2) is 19.8 Å². The Morgan fingerprint density at radius 3 is 2.68 bits per heavy atom. The molecule has 0 bridgehead atoms. The van der Waals surface area contributed by atoms with E-state index in [-0.39, 0.29) is 0 Å². The highest BCUT2D eigenvalue weighted by molar-refractivity contribution is 7.89. The van der Waals surface area contributed by atoms with E-state index in [2.05, 4.69) is 0 Å². The van der Waals surface area contributed by atoms with Crippen molar-refractivity contribution in [1.29, 1.82) is 0 Å². The van der Waals surface area contributed by atoms with Crippen LogP contribution in [-0.2, 0) is 23.1 Å². The van der Waals surface area contributed by atoms with Gasteiger partial charge in [0, 0.05) is 29.9 Å². The normalized spacial score (nSPS) is 12.2. The summed E-state index contributed by atoms with van der Waals surface area (Å²) in [6.45, 7) is 2.57. The van der Waals surface area contributed by atoms with Gasteiger partial charge < -0.3 is 5.73 Å². The summed E-state index contributed by atoms with van der Waals surface area (Å²) in [5.74, 6) is 0. The SMILES string of the molecule is Cc1sc(CN)cc1S(=O)(=O)N(C)Cc1ccsc1. The van der Waals surface area contributed by atoms with Gasteiger partial charge in [0.2, 0.25) is 10.0 Å². The number of nitrogens with zero attached hydrogens (tertiary/aromatic N) is 1. The average Bonchev–Trinajstić information content (AvgIpc) is 2.98. The summed E-state index contributed by atoms with van der Waals surface area (Å²) >= 11 is 3.00. The first kappa shape index (κ1) is 14.7. The van der Waals surface area contributed by atoms with Crippen molar-refractivity contribution in [3.63, 3.8) is 0 Å². The van der Waals surface area contributed by atoms with Gasteiger partial charge in [-0.1, -0.05) is 0 Å². The smallest absolute Gasteiger partial charge is 0.244 e. The van der Waals surface area contributed by atoms with E-state index < -0.39 is 10.0 Å². The molecule has 0 amide bonds. The van der Waals surface area contributed by atoms with Gasteiger partial charge in [0.05, 0.1) is 4.90 Å². The molecule has 0 aliphatic carbocycles. The first-order chi connectivity index (χ1) is 8.95. The molecule has 2 N–H and O–H groups in total. The standard InChI is InChI=1S/C12H16N2O2S3/c1-9-12(5-11(6-13)18-9)19(15,16)14(2)7-10-3-4-17-8-10/h3-5,8H,6-7,13H2,1-2H3. The minimum Gasteiger partial charge on any atom is -0.326 e. The van der Waals surface area contributed by atoms with E-state index in [1.807, 2.05) is 23.8 Å². The van der Waals surface area contributed by atoms with Gasteiger partial charge in [-0.05, 0) is 35.4 Å². The highest BCUT2D eigenvalue weighted by Gasteiger charge is 2.24. The highest BCUT2D eigenvalue weighted by atomic mass is 32.2. The molecular formula is C12H16N2O2S3. The Balaban J connectivity index is 2.28. The fraction of sp³-hybridized carbons (Fsp3) is 0.333. The first-order valence-electron chi connectivity index (χ1n) is 5.72. The molecule has 2 rings (SSSR count). The second-order valence-corrected chi connectivity index (χ2v) is 8.36. The lowest BCUT2D eigenvalue weighted by molar-refractivity contribution is 0.467. The van der Waals surface area contributed by atoms with E-state index >= 15 is 0 Å². The molecule has 0 spiro atoms. The third-order valence-corrected chi connectivity index (χ3v) is 6.66. The summed E-state index contributed by atoms with van der Waals surface area (Å²) in [5, 5.41) is 3.90. The molecular weight excluding hydrogens is 300 g/mol. The molecule has 2 aromatic heterocycles. The van der Waals surface area contributed by atoms with E-state index in [9.17, 15) is 8.42 Å². The number of hydrogen-bond donors (Lipinski definition) is 1. The summed E-state index contributed by atoms with van der Waals surface area (Å²) in [5.41, 5.74) is 6.57. The molecule has 4 nitrogen and oxygen atoms in total. The number of rotatable bonds is 5. The van der Waals surface area contributed by atoms with E-state index in [1.54, 1.807) is 24.5 Å². The minimum absolute atomic E-state index is 0.370. The van der Waals surface area contributed by atoms with E-state index in [1.165, 1.54) is 15.6 Å². The fourth-order valence-electron chi connectivity index (χ4n) is 1.77. The van der Waals surface area contributed by atoms with Crippen molar-refractivity contribution in [2.75, 3.05) is 7.05 Å². The zero-order valence-electron chi connectivity index (χ0n) is 10.8. The second kappa shape index (κ2) is 5.72. The predicted octanol–water partition coefficient (Wildman–Crippen LogP) is 2.40. The van der Waals surface area contributed by atoms with Crippen molar-refractivity contribution in [1.82, 2.24) is 4.31 Å². The summed E-state index contributed by atoms with van der Waals surface area (Å²) in [4.78, 5) is 2.05. The molecule has 0 aliphatic heterocycles. The number of hydrogen-bond acceptors (Lipinski definition) is 5. The highest BCUT2D eigenvalue weighted by Crippen LogP contribution is 2.28. The summed E-state index contributed by atoms with van der Waals surface area (Å²) < 4.78 is 26.4. The lowest BCUT2D eigenvalue weighted by Gasteiger charge is -2.16. The topological polar surface area (TPSA) is 63.4 Å². The van der Waals surface area contributed by atoms with Gasteiger partial charge in [-0.2, -0.15) is 15.6 Å². The molecule has 0 radical (unpaired) electrons. The predicted molar refractivity (Wildman–Crippen MR) is 79.9 cm³/mol. The average molecular weight is 316 g/mol. The molecule has 19 heavy (non-hydrogen) atoms. The van der Waals surface area contributed by atoms with Gasteiger partial charge in [-0.25, -0.2) is 8.42 Å². The van der Waals surface area contributed by atoms with Crippen LogP contribution in [0.4, 0.5) is 0 Å². The quantitative estimate of drug-likeness (QED) is 0.921. The van der Waals surface area contributed by atoms with Gasteiger partial charge in [0.1, 0.15) is 0 Å². The number of aryl methyl sites for hydroxylation is 1. The molecule has 0 saturated heterocycles. The number of nitrogens with two attached hydrogens (primary N) is 1. The second-order valence-electron chi connectivity index (χ2n) is 4.23. The third kappa shape index (κ3) is 3.06. The zero-order chi connectivity index (χ0) is 14.0. The van der Waals surface area contributed by atoms with Crippen LogP contribution in [0.2, 0.25) is 0 Å². The number of thiophene rings is 2. The maximum absolute atomic E-state index is 12.5. The van der Waals surface area contributed by atoms with Gasteiger partial charge in [0.25, 0.3) is 0 Å². The molecule has 2 heterocycles. The molecule has 0 aromatic carbocycles. The Morgan fingerprint density at radius 1 is 1.42 bits per heavy atom. The van der Waals surface area contributed by atoms with Crippen LogP contribution in [0.5, 0.6) is 0 Å². The molecule has 2 aromatic rings. The molecule has 0 unspecified atom stereocenters. The van der Waals surface area contributed by atoms with Gasteiger partial charge >= 0.3 is 0 Å². The summed E-state index contributed by atoms with van der Waals surface area (Å²) in [7, 11) is -1.84. The van der Waals surface area contributed by atoms with Crippen LogP contribution < -0.4 is 5.73 Å². The van der Waals surface area contributed by atoms with Gasteiger partial charge in [-0.15, -0.1) is 11.3 Å². The Bertz CT molecular complexity index is 645. The van der Waals surface area contributed by atoms with Crippen molar-refractivity contribution >= 4 is 32.7 Å².